The standard InChI is InChI=1S/C19H26ClN3O2/c20-16-7-5-15(6-8-16)17(24)22-11-4-12-23(14-13-22)18(25)19(21)9-2-1-3-10-19/h5-8H,1-4,9-14,21H2. The molecule has 0 atom stereocenters. The first-order valence-corrected chi connectivity index (χ1v) is 9.50. The lowest BCUT2D eigenvalue weighted by molar-refractivity contribution is -0.138. The van der Waals surface area contributed by atoms with E-state index in [0.29, 0.717) is 36.8 Å². The molecule has 2 amide bonds. The van der Waals surface area contributed by atoms with Crippen molar-refractivity contribution < 1.29 is 9.59 Å². The van der Waals surface area contributed by atoms with E-state index in [4.69, 9.17) is 17.3 Å². The van der Waals surface area contributed by atoms with Crippen LogP contribution in [0.5, 0.6) is 0 Å². The fraction of sp³-hybridized carbons (Fsp3) is 0.579. The zero-order valence-corrected chi connectivity index (χ0v) is 15.3. The summed E-state index contributed by atoms with van der Waals surface area (Å²) in [5.41, 5.74) is 6.33. The second kappa shape index (κ2) is 7.75. The lowest BCUT2D eigenvalue weighted by Crippen LogP contribution is -2.56. The highest BCUT2D eigenvalue weighted by Gasteiger charge is 2.38. The van der Waals surface area contributed by atoms with Gasteiger partial charge in [0.2, 0.25) is 5.91 Å². The van der Waals surface area contributed by atoms with Gasteiger partial charge in [-0.1, -0.05) is 30.9 Å². The van der Waals surface area contributed by atoms with Crippen molar-refractivity contribution in [3.05, 3.63) is 34.9 Å². The maximum absolute atomic E-state index is 12.9. The molecule has 1 aliphatic heterocycles. The topological polar surface area (TPSA) is 66.6 Å². The van der Waals surface area contributed by atoms with Crippen LogP contribution >= 0.6 is 11.6 Å². The van der Waals surface area contributed by atoms with Gasteiger partial charge in [0.05, 0.1) is 5.54 Å². The summed E-state index contributed by atoms with van der Waals surface area (Å²) in [4.78, 5) is 29.2. The number of nitrogens with two attached hydrogens (primary N) is 1. The van der Waals surface area contributed by atoms with Crippen LogP contribution in [0.25, 0.3) is 0 Å². The molecule has 2 N–H and O–H groups in total. The van der Waals surface area contributed by atoms with E-state index in [-0.39, 0.29) is 11.8 Å². The highest BCUT2D eigenvalue weighted by Crippen LogP contribution is 2.28. The molecule has 0 unspecified atom stereocenters. The van der Waals surface area contributed by atoms with Crippen molar-refractivity contribution in [2.45, 2.75) is 44.1 Å². The molecule has 0 spiro atoms. The van der Waals surface area contributed by atoms with Crippen LogP contribution in [0.15, 0.2) is 24.3 Å². The smallest absolute Gasteiger partial charge is 0.253 e. The Morgan fingerprint density at radius 2 is 1.48 bits per heavy atom. The van der Waals surface area contributed by atoms with E-state index in [2.05, 4.69) is 0 Å². The maximum Gasteiger partial charge on any atom is 0.253 e. The van der Waals surface area contributed by atoms with E-state index in [9.17, 15) is 9.59 Å². The Labute approximate surface area is 154 Å². The molecule has 1 heterocycles. The summed E-state index contributed by atoms with van der Waals surface area (Å²) >= 11 is 5.89. The highest BCUT2D eigenvalue weighted by molar-refractivity contribution is 6.30. The maximum atomic E-state index is 12.9. The molecular weight excluding hydrogens is 338 g/mol. The molecule has 2 fully saturated rings. The van der Waals surface area contributed by atoms with Gasteiger partial charge in [0.15, 0.2) is 0 Å². The summed E-state index contributed by atoms with van der Waals surface area (Å²) in [6.07, 6.45) is 5.54. The number of carbonyl (C=O) groups is 2. The molecule has 1 aromatic rings. The lowest BCUT2D eigenvalue weighted by atomic mass is 9.81. The van der Waals surface area contributed by atoms with Gasteiger partial charge in [-0.3, -0.25) is 9.59 Å². The average Bonchev–Trinajstić information content (AvgIpc) is 2.88. The van der Waals surface area contributed by atoms with Crippen LogP contribution in [-0.4, -0.2) is 53.3 Å². The minimum absolute atomic E-state index is 0.00825. The Morgan fingerprint density at radius 1 is 0.880 bits per heavy atom. The summed E-state index contributed by atoms with van der Waals surface area (Å²) in [5, 5.41) is 0.616. The van der Waals surface area contributed by atoms with E-state index in [1.165, 1.54) is 0 Å². The Hall–Kier alpha value is -1.59. The van der Waals surface area contributed by atoms with Gasteiger partial charge >= 0.3 is 0 Å². The quantitative estimate of drug-likeness (QED) is 0.878. The van der Waals surface area contributed by atoms with Gasteiger partial charge in [0.25, 0.3) is 5.91 Å². The number of rotatable bonds is 2. The largest absolute Gasteiger partial charge is 0.339 e. The molecule has 136 valence electrons. The van der Waals surface area contributed by atoms with Gasteiger partial charge in [0.1, 0.15) is 0 Å². The predicted octanol–water partition coefficient (Wildman–Crippen LogP) is 2.68. The third-order valence-electron chi connectivity index (χ3n) is 5.33. The number of halogens is 1. The average molecular weight is 364 g/mol. The van der Waals surface area contributed by atoms with Gasteiger partial charge in [-0.25, -0.2) is 0 Å². The third-order valence-corrected chi connectivity index (χ3v) is 5.59. The number of nitrogens with zero attached hydrogens (tertiary/aromatic N) is 2. The minimum Gasteiger partial charge on any atom is -0.339 e. The number of hydrogen-bond acceptors (Lipinski definition) is 3. The molecule has 3 rings (SSSR count). The fourth-order valence-electron chi connectivity index (χ4n) is 3.81. The van der Waals surface area contributed by atoms with Crippen molar-refractivity contribution >= 4 is 23.4 Å². The Kier molecular flexibility index (Phi) is 5.64. The van der Waals surface area contributed by atoms with Gasteiger partial charge in [-0.15, -0.1) is 0 Å². The first kappa shape index (κ1) is 18.2. The number of carbonyl (C=O) groups excluding carboxylic acids is 2. The van der Waals surface area contributed by atoms with Crippen LogP contribution in [0.4, 0.5) is 0 Å². The SMILES string of the molecule is NC1(C(=O)N2CCCN(C(=O)c3ccc(Cl)cc3)CC2)CCCCC1. The molecule has 0 aromatic heterocycles. The van der Waals surface area contributed by atoms with Crippen LogP contribution < -0.4 is 5.73 Å². The van der Waals surface area contributed by atoms with Crippen molar-refractivity contribution in [3.8, 4) is 0 Å². The molecular formula is C19H26ClN3O2. The zero-order valence-electron chi connectivity index (χ0n) is 14.5. The lowest BCUT2D eigenvalue weighted by Gasteiger charge is -2.36. The van der Waals surface area contributed by atoms with Crippen molar-refractivity contribution in [2.24, 2.45) is 5.73 Å². The molecule has 0 bridgehead atoms. The van der Waals surface area contributed by atoms with Gasteiger partial charge in [-0.05, 0) is 43.5 Å². The first-order valence-electron chi connectivity index (χ1n) is 9.13. The van der Waals surface area contributed by atoms with E-state index >= 15 is 0 Å². The normalized spacial score (nSPS) is 20.9. The number of amides is 2. The van der Waals surface area contributed by atoms with Crippen LogP contribution in [0.2, 0.25) is 5.02 Å². The molecule has 6 heteroatoms. The third kappa shape index (κ3) is 4.15. The van der Waals surface area contributed by atoms with Crippen molar-refractivity contribution in [1.82, 2.24) is 9.80 Å². The van der Waals surface area contributed by atoms with Crippen LogP contribution in [0.3, 0.4) is 0 Å². The molecule has 1 saturated carbocycles. The van der Waals surface area contributed by atoms with Gasteiger partial charge in [0, 0.05) is 36.8 Å². The second-order valence-corrected chi connectivity index (χ2v) is 7.60. The van der Waals surface area contributed by atoms with Gasteiger partial charge < -0.3 is 15.5 Å². The van der Waals surface area contributed by atoms with E-state index in [1.807, 2.05) is 9.80 Å². The predicted molar refractivity (Wildman–Crippen MR) is 98.6 cm³/mol. The van der Waals surface area contributed by atoms with Crippen molar-refractivity contribution in [3.63, 3.8) is 0 Å². The Bertz CT molecular complexity index is 626. The van der Waals surface area contributed by atoms with Crippen molar-refractivity contribution in [1.29, 1.82) is 0 Å². The summed E-state index contributed by atoms with van der Waals surface area (Å²) in [6.45, 7) is 2.42. The molecule has 5 nitrogen and oxygen atoms in total. The monoisotopic (exact) mass is 363 g/mol. The van der Waals surface area contributed by atoms with E-state index in [1.54, 1.807) is 24.3 Å². The van der Waals surface area contributed by atoms with Crippen LogP contribution in [0, 0.1) is 0 Å². The summed E-state index contributed by atoms with van der Waals surface area (Å²) in [6, 6.07) is 6.94. The number of benzene rings is 1. The summed E-state index contributed by atoms with van der Waals surface area (Å²) < 4.78 is 0. The second-order valence-electron chi connectivity index (χ2n) is 7.16. The summed E-state index contributed by atoms with van der Waals surface area (Å²) in [5.74, 6) is 0.0547. The molecule has 25 heavy (non-hydrogen) atoms. The molecule has 0 radical (unpaired) electrons. The zero-order chi connectivity index (χ0) is 17.9. The minimum atomic E-state index is -0.701. The van der Waals surface area contributed by atoms with Crippen LogP contribution in [0.1, 0.15) is 48.9 Å². The fourth-order valence-corrected chi connectivity index (χ4v) is 3.94. The highest BCUT2D eigenvalue weighted by atomic mass is 35.5. The van der Waals surface area contributed by atoms with E-state index in [0.717, 1.165) is 38.5 Å². The molecule has 2 aliphatic rings. The molecule has 1 aliphatic carbocycles. The summed E-state index contributed by atoms with van der Waals surface area (Å²) in [7, 11) is 0. The van der Waals surface area contributed by atoms with Crippen LogP contribution in [-0.2, 0) is 4.79 Å². The Morgan fingerprint density at radius 3 is 2.16 bits per heavy atom. The van der Waals surface area contributed by atoms with Gasteiger partial charge in [-0.2, -0.15) is 0 Å². The number of hydrogen-bond donors (Lipinski definition) is 1. The molecule has 1 aromatic carbocycles. The van der Waals surface area contributed by atoms with Crippen molar-refractivity contribution in [2.75, 3.05) is 26.2 Å². The Balaban J connectivity index is 1.63. The molecule has 1 saturated heterocycles. The van der Waals surface area contributed by atoms with E-state index < -0.39 is 5.54 Å². The first-order chi connectivity index (χ1) is 12.0.